The molecule has 0 saturated heterocycles. The number of aryl methyl sites for hydroxylation is 1. The van der Waals surface area contributed by atoms with Crippen LogP contribution >= 0.6 is 11.3 Å². The number of methoxy groups -OCH3 is 1. The van der Waals surface area contributed by atoms with Crippen LogP contribution < -0.4 is 15.4 Å². The Morgan fingerprint density at radius 1 is 1.12 bits per heavy atom. The highest BCUT2D eigenvalue weighted by molar-refractivity contribution is 7.17. The lowest BCUT2D eigenvalue weighted by atomic mass is 9.95. The number of aromatic nitrogens is 3. The van der Waals surface area contributed by atoms with Crippen LogP contribution in [0.4, 0.5) is 24.8 Å². The summed E-state index contributed by atoms with van der Waals surface area (Å²) in [6.45, 7) is 1.61. The molecule has 0 bridgehead atoms. The fourth-order valence-electron chi connectivity index (χ4n) is 3.84. The van der Waals surface area contributed by atoms with Gasteiger partial charge >= 0.3 is 6.18 Å². The second-order valence-electron chi connectivity index (χ2n) is 8.05. The number of carbonyl (C=O) groups excluding carboxylic acids is 1. The van der Waals surface area contributed by atoms with Gasteiger partial charge in [-0.15, -0.1) is 11.3 Å². The summed E-state index contributed by atoms with van der Waals surface area (Å²) in [5.74, 6) is 0.102. The molecule has 180 valence electrons. The molecule has 2 aromatic heterocycles. The van der Waals surface area contributed by atoms with Crippen molar-refractivity contribution in [3.05, 3.63) is 46.7 Å². The molecule has 1 amide bonds. The first-order valence-electron chi connectivity index (χ1n) is 10.9. The Hall–Kier alpha value is -3.21. The Morgan fingerprint density at radius 3 is 2.47 bits per heavy atom. The number of nitrogens with zero attached hydrogens (tertiary/aromatic N) is 3. The Kier molecular flexibility index (Phi) is 7.01. The van der Waals surface area contributed by atoms with Gasteiger partial charge in [0.2, 0.25) is 5.95 Å². The second kappa shape index (κ2) is 9.96. The van der Waals surface area contributed by atoms with E-state index >= 15 is 0 Å². The molecule has 34 heavy (non-hydrogen) atoms. The van der Waals surface area contributed by atoms with Crippen molar-refractivity contribution in [3.8, 4) is 16.3 Å². The normalized spacial score (nSPS) is 14.6. The summed E-state index contributed by atoms with van der Waals surface area (Å²) in [5.41, 5.74) is -0.501. The first-order valence-corrected chi connectivity index (χ1v) is 11.7. The molecule has 7 nitrogen and oxygen atoms in total. The number of alkyl halides is 3. The third-order valence-electron chi connectivity index (χ3n) is 5.58. The molecule has 2 N–H and O–H groups in total. The summed E-state index contributed by atoms with van der Waals surface area (Å²) in [6.07, 6.45) is 1.43. The maximum Gasteiger partial charge on any atom is 0.434 e. The highest BCUT2D eigenvalue weighted by atomic mass is 32.1. The molecule has 1 aliphatic carbocycles. The third kappa shape index (κ3) is 5.46. The summed E-state index contributed by atoms with van der Waals surface area (Å²) < 4.78 is 46.7. The molecule has 0 spiro atoms. The molecule has 1 fully saturated rings. The predicted molar refractivity (Wildman–Crippen MR) is 123 cm³/mol. The average Bonchev–Trinajstić information content (AvgIpc) is 3.21. The Balaban J connectivity index is 1.60. The van der Waals surface area contributed by atoms with Crippen LogP contribution in [0.15, 0.2) is 30.5 Å². The van der Waals surface area contributed by atoms with Crippen LogP contribution in [0.1, 0.15) is 53.2 Å². The molecule has 0 unspecified atom stereocenters. The minimum Gasteiger partial charge on any atom is -0.497 e. The minimum atomic E-state index is -4.74. The fraction of sp³-hybridized carbons (Fsp3) is 0.391. The monoisotopic (exact) mass is 491 g/mol. The molecule has 1 aliphatic rings. The maximum absolute atomic E-state index is 13.9. The number of amides is 1. The summed E-state index contributed by atoms with van der Waals surface area (Å²) in [7, 11) is 1.52. The van der Waals surface area contributed by atoms with Crippen LogP contribution in [0.25, 0.3) is 10.6 Å². The lowest BCUT2D eigenvalue weighted by Crippen LogP contribution is -2.36. The molecule has 0 aliphatic heterocycles. The smallest absolute Gasteiger partial charge is 0.434 e. The molecule has 3 aromatic rings. The van der Waals surface area contributed by atoms with Crippen LogP contribution in [0.5, 0.6) is 5.75 Å². The van der Waals surface area contributed by atoms with Crippen molar-refractivity contribution in [2.45, 2.75) is 51.2 Å². The summed E-state index contributed by atoms with van der Waals surface area (Å²) >= 11 is 0.916. The van der Waals surface area contributed by atoms with Gasteiger partial charge < -0.3 is 15.4 Å². The molecule has 1 aromatic carbocycles. The number of hydrogen-bond acceptors (Lipinski definition) is 7. The topological polar surface area (TPSA) is 89.0 Å². The Morgan fingerprint density at radius 2 is 1.82 bits per heavy atom. The van der Waals surface area contributed by atoms with E-state index < -0.39 is 11.9 Å². The van der Waals surface area contributed by atoms with Crippen molar-refractivity contribution in [1.29, 1.82) is 0 Å². The average molecular weight is 492 g/mol. The van der Waals surface area contributed by atoms with E-state index in [1.807, 2.05) is 0 Å². The van der Waals surface area contributed by atoms with Gasteiger partial charge in [0.15, 0.2) is 5.69 Å². The van der Waals surface area contributed by atoms with Crippen molar-refractivity contribution in [1.82, 2.24) is 20.3 Å². The zero-order chi connectivity index (χ0) is 24.3. The van der Waals surface area contributed by atoms with Gasteiger partial charge in [-0.3, -0.25) is 4.79 Å². The first-order chi connectivity index (χ1) is 16.2. The van der Waals surface area contributed by atoms with E-state index in [2.05, 4.69) is 25.6 Å². The summed E-state index contributed by atoms with van der Waals surface area (Å²) in [5, 5.41) is 5.81. The van der Waals surface area contributed by atoms with Gasteiger partial charge in [-0.2, -0.15) is 13.2 Å². The second-order valence-corrected chi connectivity index (χ2v) is 9.05. The van der Waals surface area contributed by atoms with E-state index in [9.17, 15) is 18.0 Å². The molecule has 2 heterocycles. The number of ether oxygens (including phenoxy) is 1. The Bertz CT molecular complexity index is 1160. The lowest BCUT2D eigenvalue weighted by molar-refractivity contribution is -0.140. The highest BCUT2D eigenvalue weighted by Crippen LogP contribution is 2.38. The lowest BCUT2D eigenvalue weighted by Gasteiger charge is -2.22. The molecular weight excluding hydrogens is 467 g/mol. The maximum atomic E-state index is 13.9. The number of carbonyl (C=O) groups is 1. The number of benzene rings is 1. The highest BCUT2D eigenvalue weighted by Gasteiger charge is 2.38. The van der Waals surface area contributed by atoms with Gasteiger partial charge in [-0.25, -0.2) is 15.0 Å². The number of anilines is 2. The van der Waals surface area contributed by atoms with Gasteiger partial charge in [-0.05, 0) is 44.0 Å². The first kappa shape index (κ1) is 23.9. The minimum absolute atomic E-state index is 0.0506. The van der Waals surface area contributed by atoms with Crippen molar-refractivity contribution in [3.63, 3.8) is 0 Å². The number of rotatable bonds is 6. The molecule has 11 heteroatoms. The SMILES string of the molecule is COc1ccc(Nc2ncc(-c3nc(C)c(C(=O)NC4CCCCC4)s3)c(C(F)(F)F)n2)cc1. The number of hydrogen-bond donors (Lipinski definition) is 2. The van der Waals surface area contributed by atoms with Crippen LogP contribution in [0.3, 0.4) is 0 Å². The third-order valence-corrected chi connectivity index (χ3v) is 6.77. The van der Waals surface area contributed by atoms with Crippen LogP contribution in [0.2, 0.25) is 0 Å². The van der Waals surface area contributed by atoms with E-state index in [-0.39, 0.29) is 28.5 Å². The van der Waals surface area contributed by atoms with Crippen molar-refractivity contribution in [2.24, 2.45) is 0 Å². The van der Waals surface area contributed by atoms with Crippen LogP contribution in [-0.2, 0) is 6.18 Å². The van der Waals surface area contributed by atoms with Gasteiger partial charge in [0, 0.05) is 17.9 Å². The molecule has 0 radical (unpaired) electrons. The van der Waals surface area contributed by atoms with Crippen LogP contribution in [-0.4, -0.2) is 34.0 Å². The molecule has 4 rings (SSSR count). The standard InChI is InChI=1S/C23H24F3N5O2S/c1-13-18(20(32)29-14-6-4-3-5-7-14)34-21(28-13)17-12-27-22(31-19(17)23(24,25)26)30-15-8-10-16(33-2)11-9-15/h8-12,14H,3-7H2,1-2H3,(H,29,32)(H,27,30,31). The van der Waals surface area contributed by atoms with E-state index in [1.165, 1.54) is 7.11 Å². The van der Waals surface area contributed by atoms with E-state index in [0.717, 1.165) is 49.6 Å². The number of nitrogens with one attached hydrogen (secondary N) is 2. The van der Waals surface area contributed by atoms with Crippen molar-refractivity contribution in [2.75, 3.05) is 12.4 Å². The summed E-state index contributed by atoms with van der Waals surface area (Å²) in [6, 6.07) is 6.71. The van der Waals surface area contributed by atoms with Gasteiger partial charge in [0.1, 0.15) is 15.6 Å². The molecular formula is C23H24F3N5O2S. The van der Waals surface area contributed by atoms with Crippen molar-refractivity contribution >= 4 is 28.9 Å². The van der Waals surface area contributed by atoms with Gasteiger partial charge in [-0.1, -0.05) is 19.3 Å². The molecule has 1 saturated carbocycles. The number of thiazole rings is 1. The van der Waals surface area contributed by atoms with Crippen molar-refractivity contribution < 1.29 is 22.7 Å². The predicted octanol–water partition coefficient (Wildman–Crippen LogP) is 5.74. The zero-order valence-corrected chi connectivity index (χ0v) is 19.5. The quantitative estimate of drug-likeness (QED) is 0.457. The fourth-order valence-corrected chi connectivity index (χ4v) is 4.82. The van der Waals surface area contributed by atoms with E-state index in [1.54, 1.807) is 31.2 Å². The van der Waals surface area contributed by atoms with Crippen LogP contribution in [0, 0.1) is 6.92 Å². The molecule has 0 atom stereocenters. The zero-order valence-electron chi connectivity index (χ0n) is 18.7. The van der Waals surface area contributed by atoms with Gasteiger partial charge in [0.25, 0.3) is 5.91 Å². The Labute approximate surface area is 198 Å². The largest absolute Gasteiger partial charge is 0.497 e. The summed E-state index contributed by atoms with van der Waals surface area (Å²) in [4.78, 5) is 25.1. The number of halogens is 3. The van der Waals surface area contributed by atoms with E-state index in [0.29, 0.717) is 22.0 Å². The van der Waals surface area contributed by atoms with E-state index in [4.69, 9.17) is 4.74 Å². The van der Waals surface area contributed by atoms with Gasteiger partial charge in [0.05, 0.1) is 18.4 Å².